The Labute approximate surface area is 196 Å². The summed E-state index contributed by atoms with van der Waals surface area (Å²) in [4.78, 5) is 0. The lowest BCUT2D eigenvalue weighted by molar-refractivity contribution is -0.210. The number of allylic oxidation sites excluding steroid dienone is 3. The van der Waals surface area contributed by atoms with Crippen LogP contribution in [0.2, 0.25) is 0 Å². The fraction of sp³-hybridized carbons (Fsp3) is 0.862. The van der Waals surface area contributed by atoms with Gasteiger partial charge in [-0.25, -0.2) is 0 Å². The minimum absolute atomic E-state index is 0.269. The maximum atomic E-state index is 11.6. The molecule has 4 aliphatic rings. The summed E-state index contributed by atoms with van der Waals surface area (Å²) in [7, 11) is 0. The molecular weight excluding hydrogens is 396 g/mol. The van der Waals surface area contributed by atoms with Crippen molar-refractivity contribution in [1.82, 2.24) is 0 Å². The second kappa shape index (κ2) is 8.54. The van der Waals surface area contributed by atoms with Crippen LogP contribution in [0.15, 0.2) is 23.8 Å². The van der Waals surface area contributed by atoms with Crippen LogP contribution in [0.4, 0.5) is 0 Å². The molecule has 0 radical (unpaired) electrons. The monoisotopic (exact) mass is 444 g/mol. The predicted molar refractivity (Wildman–Crippen MR) is 131 cm³/mol. The van der Waals surface area contributed by atoms with Gasteiger partial charge in [-0.05, 0) is 85.9 Å². The molecule has 0 aromatic carbocycles. The van der Waals surface area contributed by atoms with Crippen molar-refractivity contribution < 1.29 is 15.3 Å². The van der Waals surface area contributed by atoms with Crippen LogP contribution in [0, 0.1) is 46.3 Å². The number of hydrogen-bond acceptors (Lipinski definition) is 3. The average molecular weight is 445 g/mol. The second-order valence-corrected chi connectivity index (χ2v) is 12.7. The number of hydrogen-bond donors (Lipinski definition) is 3. The lowest BCUT2D eigenvalue weighted by atomic mass is 9.45. The van der Waals surface area contributed by atoms with E-state index in [4.69, 9.17) is 0 Å². The van der Waals surface area contributed by atoms with Crippen LogP contribution in [-0.4, -0.2) is 33.1 Å². The molecule has 3 unspecified atom stereocenters. The van der Waals surface area contributed by atoms with Gasteiger partial charge in [-0.2, -0.15) is 0 Å². The van der Waals surface area contributed by atoms with E-state index in [-0.39, 0.29) is 10.8 Å². The van der Waals surface area contributed by atoms with Crippen molar-refractivity contribution in [2.24, 2.45) is 46.3 Å². The Kier molecular flexibility index (Phi) is 6.53. The summed E-state index contributed by atoms with van der Waals surface area (Å²) in [6, 6.07) is 0. The van der Waals surface area contributed by atoms with Crippen LogP contribution in [0.25, 0.3) is 0 Å². The molecule has 0 amide bonds. The summed E-state index contributed by atoms with van der Waals surface area (Å²) in [6.45, 7) is 14.1. The van der Waals surface area contributed by atoms with E-state index in [9.17, 15) is 15.3 Å². The molecule has 0 spiro atoms. The Morgan fingerprint density at radius 1 is 1.00 bits per heavy atom. The van der Waals surface area contributed by atoms with Gasteiger partial charge in [0.1, 0.15) is 11.7 Å². The normalized spacial score (nSPS) is 48.2. The third-order valence-corrected chi connectivity index (χ3v) is 11.0. The van der Waals surface area contributed by atoms with Crippen LogP contribution in [0.3, 0.4) is 0 Å². The molecule has 3 N–H and O–H groups in total. The van der Waals surface area contributed by atoms with E-state index in [1.807, 2.05) is 6.08 Å². The molecule has 0 saturated heterocycles. The van der Waals surface area contributed by atoms with Crippen molar-refractivity contribution in [2.45, 2.75) is 111 Å². The largest absolute Gasteiger partial charge is 0.393 e. The molecule has 182 valence electrons. The highest BCUT2D eigenvalue weighted by molar-refractivity contribution is 5.33. The van der Waals surface area contributed by atoms with Gasteiger partial charge >= 0.3 is 0 Å². The maximum Gasteiger partial charge on any atom is 0.102 e. The fourth-order valence-electron chi connectivity index (χ4n) is 8.73. The third kappa shape index (κ3) is 3.57. The van der Waals surface area contributed by atoms with E-state index in [0.717, 1.165) is 19.3 Å². The Morgan fingerprint density at radius 3 is 2.38 bits per heavy atom. The van der Waals surface area contributed by atoms with Gasteiger partial charge < -0.3 is 15.3 Å². The molecule has 0 bridgehead atoms. The average Bonchev–Trinajstić information content (AvgIpc) is 3.08. The fourth-order valence-corrected chi connectivity index (χ4v) is 8.73. The highest BCUT2D eigenvalue weighted by atomic mass is 16.3. The van der Waals surface area contributed by atoms with Crippen LogP contribution >= 0.6 is 0 Å². The van der Waals surface area contributed by atoms with Crippen molar-refractivity contribution >= 4 is 0 Å². The van der Waals surface area contributed by atoms with Gasteiger partial charge in [-0.3, -0.25) is 0 Å². The molecule has 4 rings (SSSR count). The first kappa shape index (κ1) is 24.5. The summed E-state index contributed by atoms with van der Waals surface area (Å²) in [5.74, 6) is 3.44. The molecule has 0 heterocycles. The van der Waals surface area contributed by atoms with Crippen LogP contribution in [0.1, 0.15) is 92.9 Å². The zero-order valence-electron chi connectivity index (χ0n) is 21.3. The molecule has 3 fully saturated rings. The van der Waals surface area contributed by atoms with E-state index in [0.29, 0.717) is 41.9 Å². The van der Waals surface area contributed by atoms with Gasteiger partial charge in [0.25, 0.3) is 0 Å². The zero-order chi connectivity index (χ0) is 23.5. The Morgan fingerprint density at radius 2 is 1.72 bits per heavy atom. The third-order valence-electron chi connectivity index (χ3n) is 11.0. The lowest BCUT2D eigenvalue weighted by Gasteiger charge is -2.62. The van der Waals surface area contributed by atoms with Gasteiger partial charge in [-0.1, -0.05) is 65.3 Å². The standard InChI is InChI=1S/C29H48O3/c1-7-20(18(2)3)9-8-19(4)23-10-11-24-22-16-26(31)29(32)17-21(30)12-15-28(29,6)25(22)13-14-27(23,24)5/h8-9,16,18-21,23-26,30-32H,7,10-15,17H2,1-6H3/b9-8+/t19-,20?,21+,23-,24?,25?,26-,27-,28-,29+/m1/s1. The molecule has 0 aliphatic heterocycles. The van der Waals surface area contributed by atoms with Crippen LogP contribution < -0.4 is 0 Å². The van der Waals surface area contributed by atoms with Crippen LogP contribution in [-0.2, 0) is 0 Å². The first-order valence-corrected chi connectivity index (χ1v) is 13.5. The number of aliphatic hydroxyl groups excluding tert-OH is 2. The molecule has 10 atom stereocenters. The summed E-state index contributed by atoms with van der Waals surface area (Å²) in [6.07, 6.45) is 13.4. The first-order chi connectivity index (χ1) is 15.0. The van der Waals surface area contributed by atoms with Gasteiger partial charge in [0.15, 0.2) is 0 Å². The molecule has 3 heteroatoms. The smallest absolute Gasteiger partial charge is 0.102 e. The van der Waals surface area contributed by atoms with Crippen molar-refractivity contribution in [3.05, 3.63) is 23.8 Å². The van der Waals surface area contributed by atoms with Crippen LogP contribution in [0.5, 0.6) is 0 Å². The summed E-state index contributed by atoms with van der Waals surface area (Å²) in [5.41, 5.74) is 0.159. The summed E-state index contributed by atoms with van der Waals surface area (Å²) < 4.78 is 0. The van der Waals surface area contributed by atoms with E-state index in [1.165, 1.54) is 31.3 Å². The topological polar surface area (TPSA) is 60.7 Å². The van der Waals surface area contributed by atoms with E-state index < -0.39 is 17.8 Å². The molecule has 3 saturated carbocycles. The molecule has 32 heavy (non-hydrogen) atoms. The maximum absolute atomic E-state index is 11.6. The van der Waals surface area contributed by atoms with Gasteiger partial charge in [-0.15, -0.1) is 0 Å². The molecular formula is C29H48O3. The molecule has 4 aliphatic carbocycles. The Balaban J connectivity index is 1.60. The lowest BCUT2D eigenvalue weighted by Crippen LogP contribution is -2.65. The predicted octanol–water partition coefficient (Wildman–Crippen LogP) is 5.89. The number of aliphatic hydroxyl groups is 3. The Bertz CT molecular complexity index is 756. The van der Waals surface area contributed by atoms with E-state index in [2.05, 4.69) is 53.7 Å². The van der Waals surface area contributed by atoms with Crippen molar-refractivity contribution in [2.75, 3.05) is 0 Å². The summed E-state index contributed by atoms with van der Waals surface area (Å²) >= 11 is 0. The zero-order valence-corrected chi connectivity index (χ0v) is 21.3. The second-order valence-electron chi connectivity index (χ2n) is 12.7. The highest BCUT2D eigenvalue weighted by Gasteiger charge is 2.64. The molecule has 3 nitrogen and oxygen atoms in total. The number of fused-ring (bicyclic) bond motifs is 5. The van der Waals surface area contributed by atoms with Gasteiger partial charge in [0, 0.05) is 11.8 Å². The van der Waals surface area contributed by atoms with Crippen molar-refractivity contribution in [1.29, 1.82) is 0 Å². The minimum atomic E-state index is -1.20. The van der Waals surface area contributed by atoms with Crippen molar-refractivity contribution in [3.8, 4) is 0 Å². The number of rotatable bonds is 5. The van der Waals surface area contributed by atoms with Gasteiger partial charge in [0.2, 0.25) is 0 Å². The van der Waals surface area contributed by atoms with E-state index >= 15 is 0 Å². The first-order valence-electron chi connectivity index (χ1n) is 13.5. The Hall–Kier alpha value is -0.640. The molecule has 0 aromatic heterocycles. The van der Waals surface area contributed by atoms with Crippen molar-refractivity contribution in [3.63, 3.8) is 0 Å². The highest BCUT2D eigenvalue weighted by Crippen LogP contribution is 2.67. The minimum Gasteiger partial charge on any atom is -0.393 e. The quantitative estimate of drug-likeness (QED) is 0.464. The summed E-state index contributed by atoms with van der Waals surface area (Å²) in [5, 5.41) is 33.0. The van der Waals surface area contributed by atoms with E-state index in [1.54, 1.807) is 0 Å². The molecule has 0 aromatic rings. The SMILES string of the molecule is CCC(/C=C/[C@@H](C)[C@H]1CCC2C3=C[C@@H](O)[C@@]4(O)C[C@@H](O)CC[C@]4(C)C3CC[C@@]21C)C(C)C. The van der Waals surface area contributed by atoms with Gasteiger partial charge in [0.05, 0.1) is 6.10 Å².